The maximum Gasteiger partial charge on any atom is 0.125 e. The highest BCUT2D eigenvalue weighted by molar-refractivity contribution is 5.42. The topological polar surface area (TPSA) is 33.3 Å². The molecule has 2 aliphatic heterocycles. The van der Waals surface area contributed by atoms with Crippen molar-refractivity contribution in [2.24, 2.45) is 0 Å². The normalized spacial score (nSPS) is 32.5. The van der Waals surface area contributed by atoms with Crippen LogP contribution in [-0.4, -0.2) is 19.3 Å². The summed E-state index contributed by atoms with van der Waals surface area (Å²) in [6.45, 7) is 3.65. The molecule has 2 N–H and O–H groups in total. The Bertz CT molecular complexity index is 415. The predicted octanol–water partition coefficient (Wildman–Crippen LogP) is 1.34. The summed E-state index contributed by atoms with van der Waals surface area (Å²) in [5.41, 5.74) is 0.783. The van der Waals surface area contributed by atoms with Gasteiger partial charge in [-0.3, -0.25) is 5.32 Å². The summed E-state index contributed by atoms with van der Waals surface area (Å²) < 4.78 is 19.1. The Kier molecular flexibility index (Phi) is 2.16. The van der Waals surface area contributed by atoms with Crippen molar-refractivity contribution in [3.05, 3.63) is 29.6 Å². The van der Waals surface area contributed by atoms with E-state index < -0.39 is 0 Å². The minimum Gasteiger partial charge on any atom is -0.490 e. The minimum absolute atomic E-state index is 0.158. The van der Waals surface area contributed by atoms with Crippen LogP contribution in [0.15, 0.2) is 18.2 Å². The van der Waals surface area contributed by atoms with Crippen molar-refractivity contribution in [3.63, 3.8) is 0 Å². The second-order valence-corrected chi connectivity index (χ2v) is 4.64. The van der Waals surface area contributed by atoms with Crippen LogP contribution in [0.4, 0.5) is 4.39 Å². The smallest absolute Gasteiger partial charge is 0.125 e. The summed E-state index contributed by atoms with van der Waals surface area (Å²) in [5, 5.41) is 6.70. The molecule has 0 bridgehead atoms. The van der Waals surface area contributed by atoms with Gasteiger partial charge in [0.25, 0.3) is 0 Å². The van der Waals surface area contributed by atoms with E-state index in [-0.39, 0.29) is 17.5 Å². The molecule has 3 rings (SSSR count). The van der Waals surface area contributed by atoms with Crippen molar-refractivity contribution in [2.75, 3.05) is 13.2 Å². The first kappa shape index (κ1) is 10.1. The molecule has 0 amide bonds. The summed E-state index contributed by atoms with van der Waals surface area (Å²) in [5.74, 6) is 0.598. The van der Waals surface area contributed by atoms with Gasteiger partial charge in [-0.25, -0.2) is 4.39 Å². The average molecular weight is 222 g/mol. The lowest BCUT2D eigenvalue weighted by Crippen LogP contribution is -2.46. The van der Waals surface area contributed by atoms with Crippen LogP contribution in [0.3, 0.4) is 0 Å². The van der Waals surface area contributed by atoms with Gasteiger partial charge in [0.05, 0.1) is 11.6 Å². The molecular formula is C12H15FN2O. The van der Waals surface area contributed by atoms with Crippen LogP contribution < -0.4 is 15.4 Å². The summed E-state index contributed by atoms with van der Waals surface area (Å²) >= 11 is 0. The predicted molar refractivity (Wildman–Crippen MR) is 58.8 cm³/mol. The number of hydrogen-bond acceptors (Lipinski definition) is 3. The van der Waals surface area contributed by atoms with Gasteiger partial charge >= 0.3 is 0 Å². The monoisotopic (exact) mass is 222 g/mol. The molecule has 4 heteroatoms. The van der Waals surface area contributed by atoms with E-state index in [1.807, 2.05) is 6.92 Å². The number of ether oxygens (including phenoxy) is 1. The molecule has 86 valence electrons. The van der Waals surface area contributed by atoms with Crippen LogP contribution in [0.1, 0.15) is 18.9 Å². The minimum atomic E-state index is -0.204. The highest BCUT2D eigenvalue weighted by Gasteiger charge is 2.42. The van der Waals surface area contributed by atoms with Gasteiger partial charge in [0.15, 0.2) is 0 Å². The Hall–Kier alpha value is -1.13. The molecule has 0 unspecified atom stereocenters. The number of benzene rings is 1. The molecule has 1 aromatic carbocycles. The van der Waals surface area contributed by atoms with Crippen molar-refractivity contribution >= 4 is 0 Å². The van der Waals surface area contributed by atoms with Crippen LogP contribution in [0.5, 0.6) is 5.75 Å². The quantitative estimate of drug-likeness (QED) is 0.695. The second kappa shape index (κ2) is 3.43. The van der Waals surface area contributed by atoms with Gasteiger partial charge in [-0.15, -0.1) is 0 Å². The van der Waals surface area contributed by atoms with E-state index >= 15 is 0 Å². The highest BCUT2D eigenvalue weighted by Crippen LogP contribution is 2.40. The molecule has 0 radical (unpaired) electrons. The molecule has 2 heterocycles. The van der Waals surface area contributed by atoms with Crippen LogP contribution >= 0.6 is 0 Å². The van der Waals surface area contributed by atoms with Crippen LogP contribution in [0.2, 0.25) is 0 Å². The van der Waals surface area contributed by atoms with E-state index in [0.717, 1.165) is 30.9 Å². The summed E-state index contributed by atoms with van der Waals surface area (Å²) in [4.78, 5) is 0. The molecule has 1 spiro atoms. The lowest BCUT2D eigenvalue weighted by atomic mass is 9.83. The van der Waals surface area contributed by atoms with E-state index in [2.05, 4.69) is 10.6 Å². The Balaban J connectivity index is 2.12. The fourth-order valence-corrected chi connectivity index (χ4v) is 2.74. The molecule has 1 aromatic rings. The average Bonchev–Trinajstić information content (AvgIpc) is 2.69. The molecule has 1 fully saturated rings. The maximum absolute atomic E-state index is 13.3. The fraction of sp³-hybridized carbons (Fsp3) is 0.500. The molecule has 0 aromatic heterocycles. The van der Waals surface area contributed by atoms with Gasteiger partial charge in [0.2, 0.25) is 0 Å². The van der Waals surface area contributed by atoms with E-state index in [0.29, 0.717) is 0 Å². The zero-order valence-corrected chi connectivity index (χ0v) is 9.22. The fourth-order valence-electron chi connectivity index (χ4n) is 2.74. The first-order valence-corrected chi connectivity index (χ1v) is 5.62. The summed E-state index contributed by atoms with van der Waals surface area (Å²) in [6.07, 6.45) is 1.03. The Morgan fingerprint density at radius 3 is 3.12 bits per heavy atom. The third kappa shape index (κ3) is 1.41. The highest BCUT2D eigenvalue weighted by atomic mass is 19.1. The Morgan fingerprint density at radius 2 is 2.38 bits per heavy atom. The number of nitrogens with one attached hydrogen (secondary N) is 2. The van der Waals surface area contributed by atoms with Crippen molar-refractivity contribution in [1.29, 1.82) is 0 Å². The first-order chi connectivity index (χ1) is 7.70. The summed E-state index contributed by atoms with van der Waals surface area (Å²) in [7, 11) is 0. The van der Waals surface area contributed by atoms with Gasteiger partial charge in [-0.05, 0) is 25.1 Å². The first-order valence-electron chi connectivity index (χ1n) is 5.62. The summed E-state index contributed by atoms with van der Waals surface area (Å²) in [6, 6.07) is 4.76. The van der Waals surface area contributed by atoms with E-state index in [1.54, 1.807) is 12.1 Å². The standard InChI is InChI=1S/C12H15FN2O/c1-8-5-12(6-14-7-15-12)10-4-9(13)2-3-11(10)16-8/h2-4,8,14-15H,5-7H2,1H3/t8-,12-/m1/s1. The van der Waals surface area contributed by atoms with Crippen molar-refractivity contribution < 1.29 is 9.13 Å². The molecule has 2 aliphatic rings. The van der Waals surface area contributed by atoms with Gasteiger partial charge < -0.3 is 10.1 Å². The maximum atomic E-state index is 13.3. The molecule has 16 heavy (non-hydrogen) atoms. The van der Waals surface area contributed by atoms with Crippen molar-refractivity contribution in [1.82, 2.24) is 10.6 Å². The zero-order chi connectivity index (χ0) is 11.2. The van der Waals surface area contributed by atoms with Gasteiger partial charge in [-0.1, -0.05) is 0 Å². The Labute approximate surface area is 94.0 Å². The third-order valence-corrected chi connectivity index (χ3v) is 3.40. The number of rotatable bonds is 0. The molecule has 1 saturated heterocycles. The number of fused-ring (bicyclic) bond motifs is 2. The number of halogens is 1. The molecule has 2 atom stereocenters. The van der Waals surface area contributed by atoms with Gasteiger partial charge in [0, 0.05) is 25.2 Å². The van der Waals surface area contributed by atoms with Crippen molar-refractivity contribution in [3.8, 4) is 5.75 Å². The lowest BCUT2D eigenvalue weighted by Gasteiger charge is -2.38. The van der Waals surface area contributed by atoms with Crippen LogP contribution in [0.25, 0.3) is 0 Å². The van der Waals surface area contributed by atoms with Gasteiger partial charge in [-0.2, -0.15) is 0 Å². The number of hydrogen-bond donors (Lipinski definition) is 2. The van der Waals surface area contributed by atoms with E-state index in [9.17, 15) is 4.39 Å². The zero-order valence-electron chi connectivity index (χ0n) is 9.22. The van der Waals surface area contributed by atoms with E-state index in [4.69, 9.17) is 4.74 Å². The van der Waals surface area contributed by atoms with Crippen LogP contribution in [0, 0.1) is 5.82 Å². The second-order valence-electron chi connectivity index (χ2n) is 4.64. The Morgan fingerprint density at radius 1 is 1.50 bits per heavy atom. The molecule has 3 nitrogen and oxygen atoms in total. The van der Waals surface area contributed by atoms with E-state index in [1.165, 1.54) is 6.07 Å². The van der Waals surface area contributed by atoms with Crippen LogP contribution in [-0.2, 0) is 5.54 Å². The van der Waals surface area contributed by atoms with Gasteiger partial charge in [0.1, 0.15) is 11.6 Å². The molecular weight excluding hydrogens is 207 g/mol. The SMILES string of the molecule is C[C@@H]1C[C@@]2(CNCN2)c2cc(F)ccc2O1. The molecule has 0 aliphatic carbocycles. The third-order valence-electron chi connectivity index (χ3n) is 3.40. The lowest BCUT2D eigenvalue weighted by molar-refractivity contribution is 0.133. The largest absolute Gasteiger partial charge is 0.490 e. The molecule has 0 saturated carbocycles. The van der Waals surface area contributed by atoms with Crippen molar-refractivity contribution in [2.45, 2.75) is 25.0 Å².